The third kappa shape index (κ3) is 2.62. The standard InChI is InChI=1S/C19H10BrF5N2/c1-8-19-10(4-5-26-8)11-6-9(20)2-3-13(11)27(19)7-12-14(21)16(23)18(25)17(24)15(12)22/h2-6H,7H2,1H3. The van der Waals surface area contributed by atoms with Crippen molar-refractivity contribution in [3.8, 4) is 0 Å². The molecule has 0 bridgehead atoms. The van der Waals surface area contributed by atoms with E-state index in [0.717, 1.165) is 15.2 Å². The first kappa shape index (κ1) is 17.9. The van der Waals surface area contributed by atoms with Crippen LogP contribution >= 0.6 is 15.9 Å². The Balaban J connectivity index is 2.06. The van der Waals surface area contributed by atoms with Gasteiger partial charge in [0.05, 0.1) is 17.8 Å². The summed E-state index contributed by atoms with van der Waals surface area (Å²) in [5.74, 6) is -9.75. The molecular weight excluding hydrogens is 431 g/mol. The van der Waals surface area contributed by atoms with Gasteiger partial charge in [0.25, 0.3) is 0 Å². The van der Waals surface area contributed by atoms with Crippen molar-refractivity contribution in [1.82, 2.24) is 9.55 Å². The van der Waals surface area contributed by atoms with Gasteiger partial charge in [-0.1, -0.05) is 15.9 Å². The number of hydrogen-bond donors (Lipinski definition) is 0. The summed E-state index contributed by atoms with van der Waals surface area (Å²) in [7, 11) is 0. The van der Waals surface area contributed by atoms with Crippen LogP contribution in [0.3, 0.4) is 0 Å². The van der Waals surface area contributed by atoms with Gasteiger partial charge in [-0.25, -0.2) is 22.0 Å². The van der Waals surface area contributed by atoms with Gasteiger partial charge in [0.2, 0.25) is 5.82 Å². The third-order valence-corrected chi connectivity index (χ3v) is 5.03. The van der Waals surface area contributed by atoms with Crippen LogP contribution in [-0.2, 0) is 6.54 Å². The lowest BCUT2D eigenvalue weighted by molar-refractivity contribution is 0.368. The van der Waals surface area contributed by atoms with Crippen LogP contribution in [-0.4, -0.2) is 9.55 Å². The van der Waals surface area contributed by atoms with Crippen LogP contribution in [0.2, 0.25) is 0 Å². The van der Waals surface area contributed by atoms with Gasteiger partial charge in [0.1, 0.15) is 0 Å². The second-order valence-electron chi connectivity index (χ2n) is 6.09. The lowest BCUT2D eigenvalue weighted by Crippen LogP contribution is -2.11. The van der Waals surface area contributed by atoms with Gasteiger partial charge in [-0.3, -0.25) is 4.98 Å². The number of nitrogens with zero attached hydrogens (tertiary/aromatic N) is 2. The molecule has 2 aromatic carbocycles. The van der Waals surface area contributed by atoms with Crippen molar-refractivity contribution in [2.45, 2.75) is 13.5 Å². The van der Waals surface area contributed by atoms with Crippen molar-refractivity contribution >= 4 is 37.7 Å². The van der Waals surface area contributed by atoms with Crippen LogP contribution in [0.5, 0.6) is 0 Å². The van der Waals surface area contributed by atoms with E-state index in [1.165, 1.54) is 4.57 Å². The van der Waals surface area contributed by atoms with Crippen LogP contribution in [0.1, 0.15) is 11.3 Å². The summed E-state index contributed by atoms with van der Waals surface area (Å²) in [4.78, 5) is 4.19. The first-order chi connectivity index (χ1) is 12.8. The summed E-state index contributed by atoms with van der Waals surface area (Å²) in [6, 6.07) is 7.02. The summed E-state index contributed by atoms with van der Waals surface area (Å²) in [6.45, 7) is 1.19. The van der Waals surface area contributed by atoms with E-state index in [9.17, 15) is 22.0 Å². The third-order valence-electron chi connectivity index (χ3n) is 4.53. The summed E-state index contributed by atoms with van der Waals surface area (Å²) in [5, 5.41) is 1.54. The normalized spacial score (nSPS) is 11.7. The molecule has 0 N–H and O–H groups in total. The van der Waals surface area contributed by atoms with Crippen molar-refractivity contribution < 1.29 is 22.0 Å². The molecule has 0 saturated carbocycles. The number of fused-ring (bicyclic) bond motifs is 3. The molecule has 4 aromatic rings. The Morgan fingerprint density at radius 2 is 1.52 bits per heavy atom. The molecule has 0 atom stereocenters. The van der Waals surface area contributed by atoms with Crippen LogP contribution < -0.4 is 0 Å². The first-order valence-electron chi connectivity index (χ1n) is 7.84. The fourth-order valence-electron chi connectivity index (χ4n) is 3.31. The van der Waals surface area contributed by atoms with Crippen molar-refractivity contribution in [3.63, 3.8) is 0 Å². The quantitative estimate of drug-likeness (QED) is 0.212. The van der Waals surface area contributed by atoms with Gasteiger partial charge in [-0.05, 0) is 31.2 Å². The number of aryl methyl sites for hydroxylation is 1. The summed E-state index contributed by atoms with van der Waals surface area (Å²) < 4.78 is 71.3. The molecule has 0 aliphatic rings. The van der Waals surface area contributed by atoms with E-state index >= 15 is 0 Å². The molecule has 0 aliphatic carbocycles. The highest BCUT2D eigenvalue weighted by Crippen LogP contribution is 2.34. The van der Waals surface area contributed by atoms with Gasteiger partial charge in [-0.2, -0.15) is 0 Å². The summed E-state index contributed by atoms with van der Waals surface area (Å²) >= 11 is 3.38. The number of halogens is 6. The second kappa shape index (κ2) is 6.30. The number of aromatic nitrogens is 2. The maximum Gasteiger partial charge on any atom is 0.200 e. The number of hydrogen-bond acceptors (Lipinski definition) is 1. The predicted octanol–water partition coefficient (Wildman–Crippen LogP) is 6.00. The van der Waals surface area contributed by atoms with E-state index in [1.807, 2.05) is 6.07 Å². The minimum atomic E-state index is -2.17. The van der Waals surface area contributed by atoms with Gasteiger partial charge in [0.15, 0.2) is 23.3 Å². The maximum atomic E-state index is 14.2. The smallest absolute Gasteiger partial charge is 0.200 e. The molecule has 8 heteroatoms. The van der Waals surface area contributed by atoms with Gasteiger partial charge in [0, 0.05) is 32.5 Å². The molecule has 0 saturated heterocycles. The van der Waals surface area contributed by atoms with Crippen molar-refractivity contribution in [2.24, 2.45) is 0 Å². The molecule has 27 heavy (non-hydrogen) atoms. The van der Waals surface area contributed by atoms with Crippen molar-refractivity contribution in [2.75, 3.05) is 0 Å². The zero-order valence-electron chi connectivity index (χ0n) is 13.8. The van der Waals surface area contributed by atoms with E-state index in [1.54, 1.807) is 31.3 Å². The molecule has 0 fully saturated rings. The zero-order chi connectivity index (χ0) is 19.5. The number of pyridine rings is 1. The lowest BCUT2D eigenvalue weighted by atomic mass is 10.1. The number of rotatable bonds is 2. The maximum absolute atomic E-state index is 14.2. The first-order valence-corrected chi connectivity index (χ1v) is 8.64. The Morgan fingerprint density at radius 3 is 2.19 bits per heavy atom. The molecular formula is C19H10BrF5N2. The summed E-state index contributed by atoms with van der Waals surface area (Å²) in [5.41, 5.74) is 0.836. The Morgan fingerprint density at radius 1 is 0.889 bits per heavy atom. The molecule has 2 aromatic heterocycles. The van der Waals surface area contributed by atoms with Crippen LogP contribution in [0.15, 0.2) is 34.9 Å². The second-order valence-corrected chi connectivity index (χ2v) is 7.00. The molecule has 138 valence electrons. The molecule has 2 heterocycles. The average molecular weight is 441 g/mol. The van der Waals surface area contributed by atoms with Crippen LogP contribution in [0.4, 0.5) is 22.0 Å². The molecule has 0 amide bonds. The van der Waals surface area contributed by atoms with Crippen molar-refractivity contribution in [1.29, 1.82) is 0 Å². The highest BCUT2D eigenvalue weighted by Gasteiger charge is 2.27. The zero-order valence-corrected chi connectivity index (χ0v) is 15.3. The predicted molar refractivity (Wildman–Crippen MR) is 95.0 cm³/mol. The SMILES string of the molecule is Cc1nccc2c3cc(Br)ccc3n(Cc3c(F)c(F)c(F)c(F)c3F)c12. The Bertz CT molecular complexity index is 1200. The monoisotopic (exact) mass is 440 g/mol. The Hall–Kier alpha value is -2.48. The van der Waals surface area contributed by atoms with E-state index in [-0.39, 0.29) is 0 Å². The Labute approximate surface area is 158 Å². The minimum absolute atomic E-state index is 0.528. The fraction of sp³-hybridized carbons (Fsp3) is 0.105. The van der Waals surface area contributed by atoms with E-state index in [2.05, 4.69) is 20.9 Å². The minimum Gasteiger partial charge on any atom is -0.334 e. The summed E-state index contributed by atoms with van der Waals surface area (Å²) in [6.07, 6.45) is 1.60. The largest absolute Gasteiger partial charge is 0.334 e. The highest BCUT2D eigenvalue weighted by atomic mass is 79.9. The highest BCUT2D eigenvalue weighted by molar-refractivity contribution is 9.10. The van der Waals surface area contributed by atoms with Gasteiger partial charge >= 0.3 is 0 Å². The van der Waals surface area contributed by atoms with Crippen molar-refractivity contribution in [3.05, 3.63) is 75.3 Å². The topological polar surface area (TPSA) is 17.8 Å². The van der Waals surface area contributed by atoms with Gasteiger partial charge < -0.3 is 4.57 Å². The molecule has 2 nitrogen and oxygen atoms in total. The van der Waals surface area contributed by atoms with Crippen LogP contribution in [0, 0.1) is 36.0 Å². The molecule has 0 aliphatic heterocycles. The molecule has 4 rings (SSSR count). The average Bonchev–Trinajstić information content (AvgIpc) is 2.96. The van der Waals surface area contributed by atoms with E-state index in [4.69, 9.17) is 0 Å². The number of benzene rings is 2. The molecule has 0 unspecified atom stereocenters. The lowest BCUT2D eigenvalue weighted by Gasteiger charge is -2.12. The molecule has 0 spiro atoms. The van der Waals surface area contributed by atoms with E-state index < -0.39 is 41.2 Å². The fourth-order valence-corrected chi connectivity index (χ4v) is 3.67. The van der Waals surface area contributed by atoms with E-state index in [0.29, 0.717) is 16.7 Å². The van der Waals surface area contributed by atoms with Gasteiger partial charge in [-0.15, -0.1) is 0 Å². The molecule has 0 radical (unpaired) electrons. The van der Waals surface area contributed by atoms with Crippen LogP contribution in [0.25, 0.3) is 21.8 Å². The Kier molecular flexibility index (Phi) is 4.18.